The number of aryl methyl sites for hydroxylation is 1. The van der Waals surface area contributed by atoms with E-state index in [4.69, 9.17) is 4.74 Å². The Balaban J connectivity index is 1.83. The van der Waals surface area contributed by atoms with Gasteiger partial charge in [-0.15, -0.1) is 0 Å². The van der Waals surface area contributed by atoms with Crippen LogP contribution in [-0.4, -0.2) is 34.2 Å². The van der Waals surface area contributed by atoms with Crippen molar-refractivity contribution in [2.45, 2.75) is 38.3 Å². The lowest BCUT2D eigenvalue weighted by Crippen LogP contribution is -2.49. The van der Waals surface area contributed by atoms with E-state index in [1.165, 1.54) is 12.0 Å². The number of anilines is 1. The molecule has 22 heavy (non-hydrogen) atoms. The Morgan fingerprint density at radius 3 is 2.68 bits per heavy atom. The molecule has 0 bridgehead atoms. The molecule has 0 spiro atoms. The minimum Gasteiger partial charge on any atom is -0.376 e. The first kappa shape index (κ1) is 14.9. The van der Waals surface area contributed by atoms with Crippen LogP contribution in [0.25, 0.3) is 0 Å². The summed E-state index contributed by atoms with van der Waals surface area (Å²) >= 11 is 0. The summed E-state index contributed by atoms with van der Waals surface area (Å²) in [5.41, 5.74) is 2.23. The Morgan fingerprint density at radius 2 is 2.09 bits per heavy atom. The van der Waals surface area contributed by atoms with E-state index in [9.17, 15) is 0 Å². The summed E-state index contributed by atoms with van der Waals surface area (Å²) in [5, 5.41) is 0. The Hall–Kier alpha value is -2.01. The van der Waals surface area contributed by atoms with Gasteiger partial charge in [0.05, 0.1) is 5.60 Å². The van der Waals surface area contributed by atoms with E-state index < -0.39 is 0 Å². The van der Waals surface area contributed by atoms with Gasteiger partial charge in [0.25, 0.3) is 0 Å². The van der Waals surface area contributed by atoms with Crippen molar-refractivity contribution in [3.05, 3.63) is 48.2 Å². The molecule has 0 amide bonds. The number of pyridine rings is 1. The van der Waals surface area contributed by atoms with Crippen LogP contribution in [-0.2, 0) is 11.3 Å². The van der Waals surface area contributed by atoms with Crippen molar-refractivity contribution in [2.75, 3.05) is 18.6 Å². The minimum atomic E-state index is -0.0347. The monoisotopic (exact) mass is 298 g/mol. The molecule has 116 valence electrons. The summed E-state index contributed by atoms with van der Waals surface area (Å²) in [6, 6.07) is 6.13. The molecular weight excluding hydrogens is 276 g/mol. The number of hydrogen-bond acceptors (Lipinski definition) is 5. The molecule has 3 rings (SSSR count). The molecule has 5 heteroatoms. The number of rotatable bonds is 6. The van der Waals surface area contributed by atoms with Crippen molar-refractivity contribution in [1.29, 1.82) is 0 Å². The highest BCUT2D eigenvalue weighted by molar-refractivity contribution is 5.39. The van der Waals surface area contributed by atoms with E-state index in [0.29, 0.717) is 0 Å². The van der Waals surface area contributed by atoms with Gasteiger partial charge in [0, 0.05) is 38.3 Å². The molecule has 2 heterocycles. The van der Waals surface area contributed by atoms with Crippen molar-refractivity contribution in [3.8, 4) is 0 Å². The highest BCUT2D eigenvalue weighted by atomic mass is 16.5. The van der Waals surface area contributed by atoms with Gasteiger partial charge in [-0.25, -0.2) is 9.97 Å². The van der Waals surface area contributed by atoms with Crippen LogP contribution in [0.4, 0.5) is 5.82 Å². The Bertz CT molecular complexity index is 608. The van der Waals surface area contributed by atoms with Crippen LogP contribution in [0.2, 0.25) is 0 Å². The van der Waals surface area contributed by atoms with Crippen LogP contribution in [0.1, 0.15) is 30.5 Å². The molecule has 5 nitrogen and oxygen atoms in total. The van der Waals surface area contributed by atoms with Gasteiger partial charge in [0.1, 0.15) is 12.1 Å². The average Bonchev–Trinajstić information content (AvgIpc) is 2.51. The predicted octanol–water partition coefficient (Wildman–Crippen LogP) is 2.76. The fourth-order valence-electron chi connectivity index (χ4n) is 2.96. The van der Waals surface area contributed by atoms with E-state index in [1.807, 2.05) is 26.3 Å². The Morgan fingerprint density at radius 1 is 1.23 bits per heavy atom. The summed E-state index contributed by atoms with van der Waals surface area (Å²) in [5.74, 6) is 0.938. The van der Waals surface area contributed by atoms with Crippen molar-refractivity contribution in [3.63, 3.8) is 0 Å². The van der Waals surface area contributed by atoms with Crippen LogP contribution < -0.4 is 4.90 Å². The smallest absolute Gasteiger partial charge is 0.132 e. The summed E-state index contributed by atoms with van der Waals surface area (Å²) in [4.78, 5) is 15.0. The second-order valence-corrected chi connectivity index (χ2v) is 5.97. The molecule has 0 radical (unpaired) electrons. The van der Waals surface area contributed by atoms with Gasteiger partial charge in [0.15, 0.2) is 0 Å². The zero-order valence-electron chi connectivity index (χ0n) is 13.2. The van der Waals surface area contributed by atoms with Crippen molar-refractivity contribution in [2.24, 2.45) is 0 Å². The van der Waals surface area contributed by atoms with E-state index in [-0.39, 0.29) is 5.60 Å². The molecule has 2 aromatic heterocycles. The number of aromatic nitrogens is 3. The third-order valence-corrected chi connectivity index (χ3v) is 4.40. The first-order valence-electron chi connectivity index (χ1n) is 7.68. The molecule has 0 aliphatic heterocycles. The molecule has 0 atom stereocenters. The summed E-state index contributed by atoms with van der Waals surface area (Å²) in [6.07, 6.45) is 8.70. The molecule has 1 aliphatic carbocycles. The van der Waals surface area contributed by atoms with Crippen LogP contribution in [0.15, 0.2) is 36.9 Å². The van der Waals surface area contributed by atoms with Crippen molar-refractivity contribution < 1.29 is 4.74 Å². The fourth-order valence-corrected chi connectivity index (χ4v) is 2.96. The van der Waals surface area contributed by atoms with Gasteiger partial charge < -0.3 is 9.64 Å². The number of hydrogen-bond donors (Lipinski definition) is 0. The second-order valence-electron chi connectivity index (χ2n) is 5.97. The van der Waals surface area contributed by atoms with Crippen LogP contribution in [0, 0.1) is 6.92 Å². The molecule has 1 aliphatic rings. The first-order chi connectivity index (χ1) is 10.7. The van der Waals surface area contributed by atoms with Gasteiger partial charge in [-0.05, 0) is 49.9 Å². The van der Waals surface area contributed by atoms with Crippen molar-refractivity contribution in [1.82, 2.24) is 15.0 Å². The zero-order valence-corrected chi connectivity index (χ0v) is 13.2. The molecule has 0 N–H and O–H groups in total. The number of methoxy groups -OCH3 is 1. The molecular formula is C17H22N4O. The Kier molecular flexibility index (Phi) is 4.34. The normalized spacial score (nSPS) is 16.1. The maximum Gasteiger partial charge on any atom is 0.132 e. The SMILES string of the molecule is COC1(CN(Cc2ccnc(C)c2)c2ccncn2)CCC1. The quantitative estimate of drug-likeness (QED) is 0.821. The van der Waals surface area contributed by atoms with E-state index in [2.05, 4.69) is 32.0 Å². The van der Waals surface area contributed by atoms with Crippen LogP contribution in [0.3, 0.4) is 0 Å². The fraction of sp³-hybridized carbons (Fsp3) is 0.471. The largest absolute Gasteiger partial charge is 0.376 e. The van der Waals surface area contributed by atoms with Gasteiger partial charge >= 0.3 is 0 Å². The first-order valence-corrected chi connectivity index (χ1v) is 7.68. The van der Waals surface area contributed by atoms with E-state index in [0.717, 1.165) is 37.4 Å². The lowest BCUT2D eigenvalue weighted by Gasteiger charge is -2.44. The average molecular weight is 298 g/mol. The molecule has 0 saturated heterocycles. The number of ether oxygens (including phenoxy) is 1. The second kappa shape index (κ2) is 6.40. The van der Waals surface area contributed by atoms with Gasteiger partial charge in [-0.1, -0.05) is 0 Å². The molecule has 2 aromatic rings. The Labute approximate surface area is 131 Å². The van der Waals surface area contributed by atoms with E-state index >= 15 is 0 Å². The van der Waals surface area contributed by atoms with Gasteiger partial charge in [-0.3, -0.25) is 4.98 Å². The summed E-state index contributed by atoms with van der Waals surface area (Å²) < 4.78 is 5.79. The molecule has 0 unspecified atom stereocenters. The molecule has 0 aromatic carbocycles. The van der Waals surface area contributed by atoms with E-state index in [1.54, 1.807) is 12.5 Å². The molecule has 1 saturated carbocycles. The lowest BCUT2D eigenvalue weighted by molar-refractivity contribution is -0.0648. The van der Waals surface area contributed by atoms with Gasteiger partial charge in [-0.2, -0.15) is 0 Å². The topological polar surface area (TPSA) is 51.1 Å². The third kappa shape index (κ3) is 3.25. The maximum absolute atomic E-state index is 5.79. The third-order valence-electron chi connectivity index (χ3n) is 4.40. The maximum atomic E-state index is 5.79. The van der Waals surface area contributed by atoms with Crippen LogP contribution >= 0.6 is 0 Å². The van der Waals surface area contributed by atoms with Crippen LogP contribution in [0.5, 0.6) is 0 Å². The summed E-state index contributed by atoms with van der Waals surface area (Å²) in [7, 11) is 1.81. The molecule has 1 fully saturated rings. The zero-order chi connectivity index (χ0) is 15.4. The number of nitrogens with zero attached hydrogens (tertiary/aromatic N) is 4. The standard InChI is InChI=1S/C17H22N4O/c1-14-10-15(4-9-19-14)11-21(16-5-8-18-13-20-16)12-17(22-2)6-3-7-17/h4-5,8-10,13H,3,6-7,11-12H2,1-2H3. The van der Waals surface area contributed by atoms with Gasteiger partial charge in [0.2, 0.25) is 0 Å². The highest BCUT2D eigenvalue weighted by Crippen LogP contribution is 2.36. The summed E-state index contributed by atoms with van der Waals surface area (Å²) in [6.45, 7) is 3.66. The highest BCUT2D eigenvalue weighted by Gasteiger charge is 2.39. The van der Waals surface area contributed by atoms with Crippen molar-refractivity contribution >= 4 is 5.82 Å². The minimum absolute atomic E-state index is 0.0347. The predicted molar refractivity (Wildman–Crippen MR) is 85.6 cm³/mol. The lowest BCUT2D eigenvalue weighted by atomic mass is 9.79.